The average Bonchev–Trinajstić information content (AvgIpc) is 2.18. The van der Waals surface area contributed by atoms with E-state index in [-0.39, 0.29) is 0 Å². The van der Waals surface area contributed by atoms with Crippen LogP contribution in [0.5, 0.6) is 0 Å². The second-order valence-electron chi connectivity index (χ2n) is 5.75. The van der Waals surface area contributed by atoms with Gasteiger partial charge in [0.05, 0.1) is 0 Å². The van der Waals surface area contributed by atoms with E-state index in [9.17, 15) is 5.11 Å². The molecule has 0 amide bonds. The molecule has 90 valence electrons. The first-order chi connectivity index (χ1) is 7.02. The fourth-order valence-electron chi connectivity index (χ4n) is 2.99. The van der Waals surface area contributed by atoms with E-state index in [1.165, 1.54) is 25.8 Å². The van der Waals surface area contributed by atoms with Crippen molar-refractivity contribution in [3.63, 3.8) is 0 Å². The lowest BCUT2D eigenvalue weighted by Crippen LogP contribution is -2.33. The molecule has 1 N–H and O–H groups in total. The van der Waals surface area contributed by atoms with E-state index >= 15 is 0 Å². The zero-order valence-corrected chi connectivity index (χ0v) is 10.7. The van der Waals surface area contributed by atoms with Crippen LogP contribution in [-0.2, 0) is 0 Å². The van der Waals surface area contributed by atoms with Crippen LogP contribution in [0, 0.1) is 17.8 Å². The van der Waals surface area contributed by atoms with Crippen LogP contribution in [0.4, 0.5) is 0 Å². The van der Waals surface area contributed by atoms with Gasteiger partial charge in [-0.15, -0.1) is 0 Å². The van der Waals surface area contributed by atoms with Gasteiger partial charge in [-0.3, -0.25) is 0 Å². The van der Waals surface area contributed by atoms with Gasteiger partial charge in [0.25, 0.3) is 0 Å². The van der Waals surface area contributed by atoms with Gasteiger partial charge in [0, 0.05) is 19.2 Å². The van der Waals surface area contributed by atoms with Gasteiger partial charge in [-0.1, -0.05) is 13.8 Å². The molecular weight excluding hydrogens is 186 g/mol. The summed E-state index contributed by atoms with van der Waals surface area (Å²) in [7, 11) is 2.23. The van der Waals surface area contributed by atoms with Crippen molar-refractivity contribution in [1.82, 2.24) is 4.90 Å². The van der Waals surface area contributed by atoms with E-state index in [0.717, 1.165) is 5.92 Å². The molecule has 1 heterocycles. The maximum atomic E-state index is 9.35. The molecule has 2 nitrogen and oxygen atoms in total. The number of nitrogens with zero attached hydrogens (tertiary/aromatic N) is 1. The number of aliphatic hydroxyl groups excluding tert-OH is 1. The molecule has 1 rings (SSSR count). The summed E-state index contributed by atoms with van der Waals surface area (Å²) in [4.78, 5) is 2.47. The Labute approximate surface area is 94.7 Å². The van der Waals surface area contributed by atoms with Gasteiger partial charge in [-0.2, -0.15) is 0 Å². The van der Waals surface area contributed by atoms with Gasteiger partial charge in [0.15, 0.2) is 0 Å². The van der Waals surface area contributed by atoms with Crippen molar-refractivity contribution >= 4 is 0 Å². The Hall–Kier alpha value is -0.0800. The zero-order valence-electron chi connectivity index (χ0n) is 10.7. The monoisotopic (exact) mass is 213 g/mol. The highest BCUT2D eigenvalue weighted by molar-refractivity contribution is 4.76. The minimum absolute atomic E-state index is 0.368. The smallest absolute Gasteiger partial charge is 0.0459 e. The molecule has 0 aromatic heterocycles. The number of hydrogen-bond acceptors (Lipinski definition) is 2. The van der Waals surface area contributed by atoms with Crippen LogP contribution >= 0.6 is 0 Å². The van der Waals surface area contributed by atoms with Crippen molar-refractivity contribution < 1.29 is 5.11 Å². The Morgan fingerprint density at radius 3 is 2.27 bits per heavy atom. The minimum Gasteiger partial charge on any atom is -0.396 e. The lowest BCUT2D eigenvalue weighted by molar-refractivity contribution is 0.179. The SMILES string of the molecule is CC1CC(CO)CC(C)CN(C)C(C)C1. The summed E-state index contributed by atoms with van der Waals surface area (Å²) in [5, 5.41) is 9.35. The Morgan fingerprint density at radius 2 is 1.67 bits per heavy atom. The topological polar surface area (TPSA) is 23.5 Å². The summed E-state index contributed by atoms with van der Waals surface area (Å²) in [6, 6.07) is 0.680. The van der Waals surface area contributed by atoms with Crippen molar-refractivity contribution in [1.29, 1.82) is 0 Å². The maximum absolute atomic E-state index is 9.35. The highest BCUT2D eigenvalue weighted by Crippen LogP contribution is 2.26. The number of rotatable bonds is 1. The Kier molecular flexibility index (Phi) is 5.07. The van der Waals surface area contributed by atoms with Gasteiger partial charge in [-0.25, -0.2) is 0 Å². The summed E-state index contributed by atoms with van der Waals surface area (Å²) in [5.74, 6) is 1.97. The molecule has 0 radical (unpaired) electrons. The Morgan fingerprint density at radius 1 is 1.07 bits per heavy atom. The van der Waals surface area contributed by atoms with Crippen LogP contribution in [0.3, 0.4) is 0 Å². The fraction of sp³-hybridized carbons (Fsp3) is 1.00. The highest BCUT2D eigenvalue weighted by Gasteiger charge is 2.23. The first-order valence-electron chi connectivity index (χ1n) is 6.34. The summed E-state index contributed by atoms with van der Waals surface area (Å²) in [5.41, 5.74) is 0. The molecule has 0 spiro atoms. The van der Waals surface area contributed by atoms with Crippen LogP contribution in [0.1, 0.15) is 40.0 Å². The van der Waals surface area contributed by atoms with Crippen molar-refractivity contribution in [2.24, 2.45) is 17.8 Å². The highest BCUT2D eigenvalue weighted by atomic mass is 16.3. The predicted octanol–water partition coefficient (Wildman–Crippen LogP) is 2.37. The standard InChI is InChI=1S/C13H27NO/c1-10-5-12(3)14(4)8-11(2)7-13(6-10)9-15/h10-13,15H,5-9H2,1-4H3. The molecular formula is C13H27NO. The Bertz CT molecular complexity index is 165. The maximum Gasteiger partial charge on any atom is 0.0459 e. The van der Waals surface area contributed by atoms with Crippen molar-refractivity contribution in [2.45, 2.75) is 46.1 Å². The molecule has 1 aliphatic rings. The third-order valence-electron chi connectivity index (χ3n) is 3.83. The van der Waals surface area contributed by atoms with Crippen LogP contribution in [0.15, 0.2) is 0 Å². The lowest BCUT2D eigenvalue weighted by Gasteiger charge is -2.27. The third kappa shape index (κ3) is 4.12. The first-order valence-corrected chi connectivity index (χ1v) is 6.34. The van der Waals surface area contributed by atoms with Gasteiger partial charge < -0.3 is 10.0 Å². The van der Waals surface area contributed by atoms with E-state index in [4.69, 9.17) is 0 Å². The molecule has 0 aromatic carbocycles. The number of aliphatic hydroxyl groups is 1. The molecule has 4 unspecified atom stereocenters. The molecule has 15 heavy (non-hydrogen) atoms. The third-order valence-corrected chi connectivity index (χ3v) is 3.83. The molecule has 4 atom stereocenters. The summed E-state index contributed by atoms with van der Waals surface area (Å²) in [6.07, 6.45) is 3.64. The second kappa shape index (κ2) is 5.86. The average molecular weight is 213 g/mol. The van der Waals surface area contributed by atoms with Crippen molar-refractivity contribution in [3.05, 3.63) is 0 Å². The van der Waals surface area contributed by atoms with Crippen LogP contribution in [-0.4, -0.2) is 36.2 Å². The predicted molar refractivity (Wildman–Crippen MR) is 64.8 cm³/mol. The quantitative estimate of drug-likeness (QED) is 0.723. The normalized spacial score (nSPS) is 40.6. The van der Waals surface area contributed by atoms with E-state index in [1.54, 1.807) is 0 Å². The van der Waals surface area contributed by atoms with Gasteiger partial charge in [0.2, 0.25) is 0 Å². The molecule has 0 bridgehead atoms. The van der Waals surface area contributed by atoms with Crippen LogP contribution in [0.2, 0.25) is 0 Å². The zero-order chi connectivity index (χ0) is 11.4. The molecule has 1 saturated heterocycles. The van der Waals surface area contributed by atoms with Gasteiger partial charge in [0.1, 0.15) is 0 Å². The Balaban J connectivity index is 2.62. The van der Waals surface area contributed by atoms with Gasteiger partial charge in [-0.05, 0) is 51.0 Å². The van der Waals surface area contributed by atoms with E-state index in [0.29, 0.717) is 24.5 Å². The molecule has 1 fully saturated rings. The van der Waals surface area contributed by atoms with E-state index in [1.807, 2.05) is 0 Å². The largest absolute Gasteiger partial charge is 0.396 e. The van der Waals surface area contributed by atoms with Crippen molar-refractivity contribution in [3.8, 4) is 0 Å². The molecule has 0 aliphatic carbocycles. The van der Waals surface area contributed by atoms with Crippen LogP contribution in [0.25, 0.3) is 0 Å². The fourth-order valence-corrected chi connectivity index (χ4v) is 2.99. The molecule has 0 saturated carbocycles. The molecule has 0 aromatic rings. The summed E-state index contributed by atoms with van der Waals surface area (Å²) >= 11 is 0. The lowest BCUT2D eigenvalue weighted by atomic mass is 9.87. The molecule has 1 aliphatic heterocycles. The van der Waals surface area contributed by atoms with Crippen molar-refractivity contribution in [2.75, 3.05) is 20.2 Å². The minimum atomic E-state index is 0.368. The summed E-state index contributed by atoms with van der Waals surface area (Å²) in [6.45, 7) is 8.49. The van der Waals surface area contributed by atoms with Crippen LogP contribution < -0.4 is 0 Å². The first kappa shape index (κ1) is 13.0. The summed E-state index contributed by atoms with van der Waals surface area (Å²) < 4.78 is 0. The van der Waals surface area contributed by atoms with E-state index in [2.05, 4.69) is 32.7 Å². The number of hydrogen-bond donors (Lipinski definition) is 1. The van der Waals surface area contributed by atoms with Gasteiger partial charge >= 0.3 is 0 Å². The molecule has 2 heteroatoms. The second-order valence-corrected chi connectivity index (χ2v) is 5.75. The van der Waals surface area contributed by atoms with E-state index < -0.39 is 0 Å².